The average molecular weight is 241 g/mol. The molecule has 0 spiro atoms. The molecule has 5 heteroatoms. The molecular weight excluding hydrogens is 218 g/mol. The van der Waals surface area contributed by atoms with Crippen molar-refractivity contribution in [2.45, 2.75) is 51.6 Å². The Morgan fingerprint density at radius 1 is 1.35 bits per heavy atom. The second kappa shape index (κ2) is 6.12. The molecule has 1 unspecified atom stereocenters. The fourth-order valence-electron chi connectivity index (χ4n) is 1.97. The molecule has 0 aromatic carbocycles. The second-order valence-corrected chi connectivity index (χ2v) is 4.20. The van der Waals surface area contributed by atoms with Crippen LogP contribution in [-0.4, -0.2) is 23.8 Å². The van der Waals surface area contributed by atoms with E-state index in [4.69, 9.17) is 15.0 Å². The quantitative estimate of drug-likeness (QED) is 0.792. The molecule has 0 bridgehead atoms. The van der Waals surface area contributed by atoms with Gasteiger partial charge in [-0.15, -0.1) is 0 Å². The maximum Gasteiger partial charge on any atom is 0.231 e. The zero-order valence-corrected chi connectivity index (χ0v) is 11.2. The summed E-state index contributed by atoms with van der Waals surface area (Å²) in [6.45, 7) is 6.70. The number of hydrogen-bond acceptors (Lipinski definition) is 5. The van der Waals surface area contributed by atoms with Gasteiger partial charge in [-0.1, -0.05) is 25.9 Å². The van der Waals surface area contributed by atoms with Gasteiger partial charge in [-0.2, -0.15) is 4.98 Å². The highest BCUT2D eigenvalue weighted by molar-refractivity contribution is 5.03. The summed E-state index contributed by atoms with van der Waals surface area (Å²) < 4.78 is 10.9. The third-order valence-electron chi connectivity index (χ3n) is 3.51. The summed E-state index contributed by atoms with van der Waals surface area (Å²) in [4.78, 5) is 4.45. The van der Waals surface area contributed by atoms with E-state index in [0.29, 0.717) is 18.3 Å². The van der Waals surface area contributed by atoms with Crippen LogP contribution >= 0.6 is 0 Å². The first-order valence-electron chi connectivity index (χ1n) is 6.26. The van der Waals surface area contributed by atoms with Crippen LogP contribution in [0.2, 0.25) is 0 Å². The molecule has 1 aromatic heterocycles. The van der Waals surface area contributed by atoms with Crippen molar-refractivity contribution in [2.75, 3.05) is 13.7 Å². The lowest BCUT2D eigenvalue weighted by molar-refractivity contribution is -0.0306. The third kappa shape index (κ3) is 2.66. The van der Waals surface area contributed by atoms with E-state index >= 15 is 0 Å². The monoisotopic (exact) mass is 241 g/mol. The van der Waals surface area contributed by atoms with E-state index in [9.17, 15) is 0 Å². The van der Waals surface area contributed by atoms with E-state index in [-0.39, 0.29) is 5.92 Å². The van der Waals surface area contributed by atoms with Crippen LogP contribution in [0.4, 0.5) is 0 Å². The van der Waals surface area contributed by atoms with E-state index in [1.807, 2.05) is 0 Å². The molecule has 0 amide bonds. The van der Waals surface area contributed by atoms with Gasteiger partial charge in [0.05, 0.1) is 5.92 Å². The highest BCUT2D eigenvalue weighted by atomic mass is 16.5. The topological polar surface area (TPSA) is 74.2 Å². The standard InChI is InChI=1S/C12H23N3O2/c1-5-9(8-13)10-14-11(15-17-10)12(6-2,7-3)16-4/h9H,5-8,13H2,1-4H3. The van der Waals surface area contributed by atoms with Gasteiger partial charge in [-0.25, -0.2) is 0 Å². The second-order valence-electron chi connectivity index (χ2n) is 4.20. The van der Waals surface area contributed by atoms with Crippen LogP contribution in [0.3, 0.4) is 0 Å². The lowest BCUT2D eigenvalue weighted by atomic mass is 9.96. The third-order valence-corrected chi connectivity index (χ3v) is 3.51. The Morgan fingerprint density at radius 3 is 2.41 bits per heavy atom. The molecule has 0 aliphatic rings. The first-order chi connectivity index (χ1) is 8.17. The Morgan fingerprint density at radius 2 is 2.00 bits per heavy atom. The number of aromatic nitrogens is 2. The summed E-state index contributed by atoms with van der Waals surface area (Å²) >= 11 is 0. The molecule has 1 heterocycles. The van der Waals surface area contributed by atoms with Crippen molar-refractivity contribution in [3.8, 4) is 0 Å². The van der Waals surface area contributed by atoms with Crippen molar-refractivity contribution in [3.05, 3.63) is 11.7 Å². The molecule has 5 nitrogen and oxygen atoms in total. The van der Waals surface area contributed by atoms with Crippen molar-refractivity contribution in [3.63, 3.8) is 0 Å². The zero-order chi connectivity index (χ0) is 12.9. The van der Waals surface area contributed by atoms with Crippen molar-refractivity contribution >= 4 is 0 Å². The van der Waals surface area contributed by atoms with Gasteiger partial charge in [-0.05, 0) is 19.3 Å². The van der Waals surface area contributed by atoms with Crippen molar-refractivity contribution in [2.24, 2.45) is 5.73 Å². The van der Waals surface area contributed by atoms with Gasteiger partial charge in [0.2, 0.25) is 11.7 Å². The summed E-state index contributed by atoms with van der Waals surface area (Å²) in [5.41, 5.74) is 5.24. The molecule has 0 fully saturated rings. The van der Waals surface area contributed by atoms with E-state index in [1.54, 1.807) is 7.11 Å². The van der Waals surface area contributed by atoms with Gasteiger partial charge >= 0.3 is 0 Å². The zero-order valence-electron chi connectivity index (χ0n) is 11.2. The number of methoxy groups -OCH3 is 1. The lowest BCUT2D eigenvalue weighted by Gasteiger charge is -2.25. The molecule has 0 aliphatic carbocycles. The predicted molar refractivity (Wildman–Crippen MR) is 65.7 cm³/mol. The van der Waals surface area contributed by atoms with Crippen LogP contribution in [0, 0.1) is 0 Å². The summed E-state index contributed by atoms with van der Waals surface area (Å²) in [5, 5.41) is 4.05. The number of rotatable bonds is 7. The number of nitrogens with two attached hydrogens (primary N) is 1. The van der Waals surface area contributed by atoms with Crippen molar-refractivity contribution in [1.29, 1.82) is 0 Å². The summed E-state index contributed by atoms with van der Waals surface area (Å²) in [5.74, 6) is 1.39. The van der Waals surface area contributed by atoms with Gasteiger partial charge in [0.1, 0.15) is 5.60 Å². The molecular formula is C12H23N3O2. The van der Waals surface area contributed by atoms with E-state index < -0.39 is 5.60 Å². The van der Waals surface area contributed by atoms with Crippen LogP contribution in [-0.2, 0) is 10.3 Å². The Kier molecular flexibility index (Phi) is 5.08. The minimum absolute atomic E-state index is 0.138. The first-order valence-corrected chi connectivity index (χ1v) is 6.26. The highest BCUT2D eigenvalue weighted by Gasteiger charge is 2.34. The van der Waals surface area contributed by atoms with Crippen molar-refractivity contribution < 1.29 is 9.26 Å². The first kappa shape index (κ1) is 14.1. The van der Waals surface area contributed by atoms with Gasteiger partial charge < -0.3 is 15.0 Å². The largest absolute Gasteiger partial charge is 0.370 e. The highest BCUT2D eigenvalue weighted by Crippen LogP contribution is 2.31. The molecule has 2 N–H and O–H groups in total. The molecule has 98 valence electrons. The molecule has 1 aromatic rings. The van der Waals surface area contributed by atoms with Crippen LogP contribution in [0.25, 0.3) is 0 Å². The number of hydrogen-bond donors (Lipinski definition) is 1. The maximum atomic E-state index is 5.67. The average Bonchev–Trinajstić information content (AvgIpc) is 2.84. The SMILES string of the molecule is CCC(CN)c1nc(C(CC)(CC)OC)no1. The van der Waals surface area contributed by atoms with Crippen LogP contribution in [0.1, 0.15) is 57.7 Å². The molecule has 0 saturated heterocycles. The smallest absolute Gasteiger partial charge is 0.231 e. The summed E-state index contributed by atoms with van der Waals surface area (Å²) in [6, 6.07) is 0. The molecule has 0 radical (unpaired) electrons. The summed E-state index contributed by atoms with van der Waals surface area (Å²) in [7, 11) is 1.68. The fourth-order valence-corrected chi connectivity index (χ4v) is 1.97. The van der Waals surface area contributed by atoms with Crippen LogP contribution in [0.5, 0.6) is 0 Å². The fraction of sp³-hybridized carbons (Fsp3) is 0.833. The van der Waals surface area contributed by atoms with Gasteiger partial charge in [0.25, 0.3) is 0 Å². The molecule has 1 rings (SSSR count). The number of nitrogens with zero attached hydrogens (tertiary/aromatic N) is 2. The Hall–Kier alpha value is -0.940. The van der Waals surface area contributed by atoms with Crippen molar-refractivity contribution in [1.82, 2.24) is 10.1 Å². The minimum Gasteiger partial charge on any atom is -0.370 e. The molecule has 0 saturated carbocycles. The Balaban J connectivity index is 3.00. The Bertz CT molecular complexity index is 322. The molecule has 17 heavy (non-hydrogen) atoms. The van der Waals surface area contributed by atoms with Crippen LogP contribution < -0.4 is 5.73 Å². The van der Waals surface area contributed by atoms with Gasteiger partial charge in [-0.3, -0.25) is 0 Å². The molecule has 0 aliphatic heterocycles. The lowest BCUT2D eigenvalue weighted by Crippen LogP contribution is -2.28. The number of ether oxygens (including phenoxy) is 1. The van der Waals surface area contributed by atoms with E-state index in [0.717, 1.165) is 19.3 Å². The summed E-state index contributed by atoms with van der Waals surface area (Å²) in [6.07, 6.45) is 2.53. The Labute approximate surface area is 103 Å². The van der Waals surface area contributed by atoms with E-state index in [1.165, 1.54) is 0 Å². The van der Waals surface area contributed by atoms with Crippen LogP contribution in [0.15, 0.2) is 4.52 Å². The molecule has 1 atom stereocenters. The maximum absolute atomic E-state index is 5.67. The minimum atomic E-state index is -0.436. The normalized spacial score (nSPS) is 13.9. The van der Waals surface area contributed by atoms with Gasteiger partial charge in [0, 0.05) is 13.7 Å². The van der Waals surface area contributed by atoms with E-state index in [2.05, 4.69) is 30.9 Å². The van der Waals surface area contributed by atoms with Gasteiger partial charge in [0.15, 0.2) is 0 Å². The predicted octanol–water partition coefficient (Wildman–Crippen LogP) is 2.18.